The molecule has 0 unspecified atom stereocenters. The predicted molar refractivity (Wildman–Crippen MR) is 81.7 cm³/mol. The van der Waals surface area contributed by atoms with Crippen molar-refractivity contribution in [2.24, 2.45) is 5.41 Å². The Balaban J connectivity index is 3.44. The molecule has 0 atom stereocenters. The summed E-state index contributed by atoms with van der Waals surface area (Å²) in [5.74, 6) is -0.0161. The molecule has 124 valence electrons. The first-order valence-corrected chi connectivity index (χ1v) is 7.48. The molecule has 0 aliphatic heterocycles. The van der Waals surface area contributed by atoms with Gasteiger partial charge in [-0.1, -0.05) is 20.8 Å². The van der Waals surface area contributed by atoms with E-state index in [2.05, 4.69) is 10.8 Å². The molecule has 0 aromatic carbocycles. The van der Waals surface area contributed by atoms with Gasteiger partial charge in [0.15, 0.2) is 0 Å². The van der Waals surface area contributed by atoms with Crippen molar-refractivity contribution in [1.29, 1.82) is 0 Å². The lowest BCUT2D eigenvalue weighted by molar-refractivity contribution is -0.129. The number of nitrogens with one attached hydrogen (secondary N) is 2. The van der Waals surface area contributed by atoms with Crippen LogP contribution in [0.15, 0.2) is 0 Å². The van der Waals surface area contributed by atoms with Crippen LogP contribution in [0, 0.1) is 5.41 Å². The molecule has 6 nitrogen and oxygen atoms in total. The van der Waals surface area contributed by atoms with Gasteiger partial charge < -0.3 is 10.1 Å². The number of Topliss-reactive ketones (excluding diaryl/α,β-unsaturated/α-hetero) is 1. The maximum absolute atomic E-state index is 11.7. The van der Waals surface area contributed by atoms with Crippen LogP contribution in [0.5, 0.6) is 0 Å². The molecule has 0 saturated heterocycles. The predicted octanol–water partition coefficient (Wildman–Crippen LogP) is 1.44. The van der Waals surface area contributed by atoms with Crippen LogP contribution in [0.4, 0.5) is 0 Å². The molecule has 0 bridgehead atoms. The summed E-state index contributed by atoms with van der Waals surface area (Å²) < 4.78 is 5.30. The van der Waals surface area contributed by atoms with E-state index in [0.29, 0.717) is 26.4 Å². The smallest absolute Gasteiger partial charge is 0.220 e. The van der Waals surface area contributed by atoms with Crippen LogP contribution in [0.1, 0.15) is 47.5 Å². The van der Waals surface area contributed by atoms with Gasteiger partial charge in [0.05, 0.1) is 19.8 Å². The Hall–Kier alpha value is -0.980. The number of hydrogen-bond acceptors (Lipinski definition) is 5. The van der Waals surface area contributed by atoms with E-state index in [-0.39, 0.29) is 36.0 Å². The molecule has 0 aromatic heterocycles. The highest BCUT2D eigenvalue weighted by atomic mass is 16.7. The molecular formula is C15H30N2O4. The largest absolute Gasteiger partial charge is 0.377 e. The standard InChI is InChI=1S/C15H30N2O4/c1-12(2)17-21-11-10-20-9-8-16-14(19)7-6-13(18)15(3,4)5/h12,17H,6-11H2,1-5H3,(H,16,19). The monoisotopic (exact) mass is 302 g/mol. The van der Waals surface area contributed by atoms with Gasteiger partial charge in [-0.2, -0.15) is 5.48 Å². The minimum absolute atomic E-state index is 0.101. The maximum atomic E-state index is 11.7. The van der Waals surface area contributed by atoms with E-state index in [1.165, 1.54) is 0 Å². The minimum atomic E-state index is -0.382. The molecular weight excluding hydrogens is 272 g/mol. The molecule has 0 aromatic rings. The van der Waals surface area contributed by atoms with Gasteiger partial charge in [-0.05, 0) is 13.8 Å². The van der Waals surface area contributed by atoms with Crippen molar-refractivity contribution in [3.8, 4) is 0 Å². The zero-order chi connectivity index (χ0) is 16.3. The molecule has 0 fully saturated rings. The summed E-state index contributed by atoms with van der Waals surface area (Å²) in [5.41, 5.74) is 2.43. The highest BCUT2D eigenvalue weighted by molar-refractivity contribution is 5.88. The fraction of sp³-hybridized carbons (Fsp3) is 0.867. The topological polar surface area (TPSA) is 76.7 Å². The fourth-order valence-corrected chi connectivity index (χ4v) is 1.38. The average Bonchev–Trinajstić information content (AvgIpc) is 2.37. The van der Waals surface area contributed by atoms with Crippen LogP contribution < -0.4 is 10.8 Å². The lowest BCUT2D eigenvalue weighted by Crippen LogP contribution is -2.30. The third-order valence-corrected chi connectivity index (χ3v) is 2.63. The Morgan fingerprint density at radius 2 is 1.71 bits per heavy atom. The molecule has 0 saturated carbocycles. The molecule has 0 rings (SSSR count). The van der Waals surface area contributed by atoms with Gasteiger partial charge in [-0.15, -0.1) is 0 Å². The first kappa shape index (κ1) is 20.0. The lowest BCUT2D eigenvalue weighted by atomic mass is 9.88. The SMILES string of the molecule is CC(C)NOCCOCCNC(=O)CCC(=O)C(C)(C)C. The Labute approximate surface area is 127 Å². The van der Waals surface area contributed by atoms with E-state index in [1.807, 2.05) is 34.6 Å². The summed E-state index contributed by atoms with van der Waals surface area (Å²) in [7, 11) is 0. The quantitative estimate of drug-likeness (QED) is 0.446. The molecule has 2 N–H and O–H groups in total. The van der Waals surface area contributed by atoms with Gasteiger partial charge in [0.2, 0.25) is 5.91 Å². The molecule has 0 spiro atoms. The summed E-state index contributed by atoms with van der Waals surface area (Å²) in [6.07, 6.45) is 0.516. The number of hydrogen-bond donors (Lipinski definition) is 2. The van der Waals surface area contributed by atoms with E-state index in [4.69, 9.17) is 9.57 Å². The van der Waals surface area contributed by atoms with Crippen molar-refractivity contribution < 1.29 is 19.2 Å². The summed E-state index contributed by atoms with van der Waals surface area (Å²) in [6.45, 7) is 11.4. The van der Waals surface area contributed by atoms with Gasteiger partial charge in [0, 0.05) is 30.8 Å². The lowest BCUT2D eigenvalue weighted by Gasteiger charge is -2.16. The number of amides is 1. The van der Waals surface area contributed by atoms with Crippen molar-refractivity contribution in [3.05, 3.63) is 0 Å². The van der Waals surface area contributed by atoms with Crippen LogP contribution in [0.3, 0.4) is 0 Å². The van der Waals surface area contributed by atoms with Gasteiger partial charge in [0.25, 0.3) is 0 Å². The highest BCUT2D eigenvalue weighted by Gasteiger charge is 2.21. The summed E-state index contributed by atoms with van der Waals surface area (Å²) >= 11 is 0. The second kappa shape index (κ2) is 10.7. The number of hydroxylamine groups is 1. The first-order valence-electron chi connectivity index (χ1n) is 7.48. The third-order valence-electron chi connectivity index (χ3n) is 2.63. The van der Waals surface area contributed by atoms with Gasteiger partial charge in [-0.3, -0.25) is 14.4 Å². The van der Waals surface area contributed by atoms with Crippen molar-refractivity contribution in [1.82, 2.24) is 10.8 Å². The van der Waals surface area contributed by atoms with E-state index in [1.54, 1.807) is 0 Å². The molecule has 0 radical (unpaired) electrons. The highest BCUT2D eigenvalue weighted by Crippen LogP contribution is 2.17. The summed E-state index contributed by atoms with van der Waals surface area (Å²) in [6, 6.07) is 0.278. The first-order chi connectivity index (χ1) is 9.73. The second-order valence-corrected chi connectivity index (χ2v) is 6.26. The van der Waals surface area contributed by atoms with Gasteiger partial charge in [0.1, 0.15) is 5.78 Å². The number of carbonyl (C=O) groups is 2. The molecule has 0 aliphatic rings. The van der Waals surface area contributed by atoms with Crippen molar-refractivity contribution in [3.63, 3.8) is 0 Å². The molecule has 21 heavy (non-hydrogen) atoms. The molecule has 0 heterocycles. The van der Waals surface area contributed by atoms with Crippen molar-refractivity contribution in [2.45, 2.75) is 53.5 Å². The van der Waals surface area contributed by atoms with Crippen LogP contribution in [0.25, 0.3) is 0 Å². The normalized spacial score (nSPS) is 11.7. The summed E-state index contributed by atoms with van der Waals surface area (Å²) in [5, 5.41) is 2.73. The fourth-order valence-electron chi connectivity index (χ4n) is 1.38. The second-order valence-electron chi connectivity index (χ2n) is 6.26. The van der Waals surface area contributed by atoms with Crippen LogP contribution in [-0.4, -0.2) is 44.1 Å². The zero-order valence-corrected chi connectivity index (χ0v) is 14.0. The minimum Gasteiger partial charge on any atom is -0.377 e. The number of ketones is 1. The Morgan fingerprint density at radius 3 is 2.29 bits per heavy atom. The molecule has 6 heteroatoms. The Bertz CT molecular complexity index is 311. The summed E-state index contributed by atoms with van der Waals surface area (Å²) in [4.78, 5) is 28.3. The van der Waals surface area contributed by atoms with E-state index in [0.717, 1.165) is 0 Å². The van der Waals surface area contributed by atoms with Gasteiger partial charge in [-0.25, -0.2) is 0 Å². The van der Waals surface area contributed by atoms with Crippen molar-refractivity contribution in [2.75, 3.05) is 26.4 Å². The van der Waals surface area contributed by atoms with Crippen LogP contribution >= 0.6 is 0 Å². The average molecular weight is 302 g/mol. The number of carbonyl (C=O) groups excluding carboxylic acids is 2. The third kappa shape index (κ3) is 12.5. The van der Waals surface area contributed by atoms with E-state index < -0.39 is 0 Å². The zero-order valence-electron chi connectivity index (χ0n) is 14.0. The van der Waals surface area contributed by atoms with Crippen molar-refractivity contribution >= 4 is 11.7 Å². The maximum Gasteiger partial charge on any atom is 0.220 e. The number of ether oxygens (including phenoxy) is 1. The van der Waals surface area contributed by atoms with E-state index in [9.17, 15) is 9.59 Å². The Morgan fingerprint density at radius 1 is 1.05 bits per heavy atom. The van der Waals surface area contributed by atoms with Crippen LogP contribution in [0.2, 0.25) is 0 Å². The molecule has 1 amide bonds. The Kier molecular flexibility index (Phi) is 10.2. The molecule has 0 aliphatic carbocycles. The van der Waals surface area contributed by atoms with Gasteiger partial charge >= 0.3 is 0 Å². The van der Waals surface area contributed by atoms with Crippen LogP contribution in [-0.2, 0) is 19.2 Å². The number of rotatable bonds is 11. The van der Waals surface area contributed by atoms with E-state index >= 15 is 0 Å².